The highest BCUT2D eigenvalue weighted by atomic mass is 32.1. The lowest BCUT2D eigenvalue weighted by Crippen LogP contribution is -2.50. The van der Waals surface area contributed by atoms with Crippen molar-refractivity contribution >= 4 is 17.2 Å². The first-order chi connectivity index (χ1) is 10.1. The van der Waals surface area contributed by atoms with E-state index in [2.05, 4.69) is 21.7 Å². The Kier molecular flexibility index (Phi) is 5.75. The van der Waals surface area contributed by atoms with Gasteiger partial charge in [-0.1, -0.05) is 6.07 Å². The number of nitrogens with one attached hydrogen (secondary N) is 1. The molecule has 1 atom stereocenters. The van der Waals surface area contributed by atoms with Gasteiger partial charge in [-0.05, 0) is 38.4 Å². The number of likely N-dealkylation sites (N-methyl/N-ethyl adjacent to an activating group) is 1. The average molecular weight is 311 g/mol. The van der Waals surface area contributed by atoms with Crippen molar-refractivity contribution in [1.29, 1.82) is 0 Å². The number of rotatable bonds is 6. The van der Waals surface area contributed by atoms with Crippen LogP contribution in [0.4, 0.5) is 0 Å². The van der Waals surface area contributed by atoms with Crippen LogP contribution in [0.2, 0.25) is 0 Å². The summed E-state index contributed by atoms with van der Waals surface area (Å²) in [6.45, 7) is 2.22. The summed E-state index contributed by atoms with van der Waals surface area (Å²) < 4.78 is 5.36. The molecule has 2 rings (SSSR count). The lowest BCUT2D eigenvalue weighted by Gasteiger charge is -2.35. The monoisotopic (exact) mass is 311 g/mol. The Hall–Kier alpha value is -0.950. The number of carbonyl (C=O) groups is 1. The standard InChI is InChI=1S/C15H25N3O2S/c1-18(2)12(13-4-3-9-21-13)10-17-14(19)15(11-16)5-7-20-8-6-15/h3-4,9,12H,5-8,10-11,16H2,1-2H3,(H,17,19). The zero-order chi connectivity index (χ0) is 15.3. The molecule has 1 saturated heterocycles. The van der Waals surface area contributed by atoms with Crippen LogP contribution >= 0.6 is 11.3 Å². The fourth-order valence-corrected chi connectivity index (χ4v) is 3.60. The Labute approximate surface area is 130 Å². The molecule has 1 aliphatic heterocycles. The van der Waals surface area contributed by atoms with E-state index in [0.717, 1.165) is 0 Å². The van der Waals surface area contributed by atoms with E-state index >= 15 is 0 Å². The zero-order valence-electron chi connectivity index (χ0n) is 12.8. The van der Waals surface area contributed by atoms with E-state index in [1.165, 1.54) is 4.88 Å². The van der Waals surface area contributed by atoms with Crippen molar-refractivity contribution < 1.29 is 9.53 Å². The molecular weight excluding hydrogens is 286 g/mol. The number of hydrogen-bond acceptors (Lipinski definition) is 5. The van der Waals surface area contributed by atoms with Gasteiger partial charge in [-0.2, -0.15) is 0 Å². The second-order valence-corrected chi connectivity index (χ2v) is 6.78. The molecular formula is C15H25N3O2S. The molecule has 21 heavy (non-hydrogen) atoms. The lowest BCUT2D eigenvalue weighted by molar-refractivity contribution is -0.136. The quantitative estimate of drug-likeness (QED) is 0.829. The number of hydrogen-bond donors (Lipinski definition) is 2. The summed E-state index contributed by atoms with van der Waals surface area (Å²) in [6, 6.07) is 4.34. The fourth-order valence-electron chi connectivity index (χ4n) is 2.68. The van der Waals surface area contributed by atoms with Crippen LogP contribution in [-0.2, 0) is 9.53 Å². The van der Waals surface area contributed by atoms with Crippen molar-refractivity contribution in [1.82, 2.24) is 10.2 Å². The predicted molar refractivity (Wildman–Crippen MR) is 85.3 cm³/mol. The minimum atomic E-state index is -0.454. The minimum Gasteiger partial charge on any atom is -0.381 e. The molecule has 1 unspecified atom stereocenters. The third-order valence-electron chi connectivity index (χ3n) is 4.27. The third kappa shape index (κ3) is 3.83. The minimum absolute atomic E-state index is 0.0664. The van der Waals surface area contributed by atoms with E-state index < -0.39 is 5.41 Å². The molecule has 0 spiro atoms. The van der Waals surface area contributed by atoms with Gasteiger partial charge in [-0.25, -0.2) is 0 Å². The second kappa shape index (κ2) is 7.35. The van der Waals surface area contributed by atoms with Crippen molar-refractivity contribution in [2.24, 2.45) is 11.1 Å². The van der Waals surface area contributed by atoms with Gasteiger partial charge in [0, 0.05) is 31.2 Å². The fraction of sp³-hybridized carbons (Fsp3) is 0.667. The van der Waals surface area contributed by atoms with Gasteiger partial charge >= 0.3 is 0 Å². The number of carbonyl (C=O) groups excluding carboxylic acids is 1. The van der Waals surface area contributed by atoms with E-state index in [4.69, 9.17) is 10.5 Å². The molecule has 0 aliphatic carbocycles. The summed E-state index contributed by atoms with van der Waals surface area (Å²) in [6.07, 6.45) is 1.42. The lowest BCUT2D eigenvalue weighted by atomic mass is 9.79. The molecule has 5 nitrogen and oxygen atoms in total. The maximum absolute atomic E-state index is 12.6. The Bertz CT molecular complexity index is 442. The Balaban J connectivity index is 1.98. The Morgan fingerprint density at radius 1 is 1.52 bits per heavy atom. The first-order valence-corrected chi connectivity index (χ1v) is 8.23. The molecule has 1 aromatic heterocycles. The molecule has 1 aliphatic rings. The number of nitrogens with two attached hydrogens (primary N) is 1. The maximum atomic E-state index is 12.6. The van der Waals surface area contributed by atoms with Gasteiger partial charge in [-0.3, -0.25) is 4.79 Å². The maximum Gasteiger partial charge on any atom is 0.227 e. The highest BCUT2D eigenvalue weighted by molar-refractivity contribution is 7.10. The average Bonchev–Trinajstić information content (AvgIpc) is 3.01. The van der Waals surface area contributed by atoms with Crippen LogP contribution in [-0.4, -0.2) is 51.2 Å². The number of nitrogens with zero attached hydrogens (tertiary/aromatic N) is 1. The van der Waals surface area contributed by atoms with Crippen molar-refractivity contribution in [3.8, 4) is 0 Å². The van der Waals surface area contributed by atoms with Crippen molar-refractivity contribution in [3.63, 3.8) is 0 Å². The SMILES string of the molecule is CN(C)C(CNC(=O)C1(CN)CCOCC1)c1cccs1. The van der Waals surface area contributed by atoms with Crippen LogP contribution in [0, 0.1) is 5.41 Å². The summed E-state index contributed by atoms with van der Waals surface area (Å²) in [7, 11) is 4.06. The van der Waals surface area contributed by atoms with E-state index in [1.807, 2.05) is 20.2 Å². The first-order valence-electron chi connectivity index (χ1n) is 7.35. The smallest absolute Gasteiger partial charge is 0.227 e. The molecule has 3 N–H and O–H groups in total. The zero-order valence-corrected chi connectivity index (χ0v) is 13.6. The van der Waals surface area contributed by atoms with Crippen LogP contribution in [0.5, 0.6) is 0 Å². The third-order valence-corrected chi connectivity index (χ3v) is 5.25. The summed E-state index contributed by atoms with van der Waals surface area (Å²) in [5.74, 6) is 0.0664. The van der Waals surface area contributed by atoms with E-state index in [0.29, 0.717) is 39.1 Å². The number of amides is 1. The van der Waals surface area contributed by atoms with Crippen LogP contribution in [0.3, 0.4) is 0 Å². The van der Waals surface area contributed by atoms with Crippen LogP contribution < -0.4 is 11.1 Å². The second-order valence-electron chi connectivity index (χ2n) is 5.80. The number of thiophene rings is 1. The van der Waals surface area contributed by atoms with E-state index in [9.17, 15) is 4.79 Å². The van der Waals surface area contributed by atoms with Crippen LogP contribution in [0.25, 0.3) is 0 Å². The van der Waals surface area contributed by atoms with Gasteiger partial charge in [0.15, 0.2) is 0 Å². The molecule has 0 aromatic carbocycles. The summed E-state index contributed by atoms with van der Waals surface area (Å²) in [5.41, 5.74) is 5.42. The molecule has 2 heterocycles. The largest absolute Gasteiger partial charge is 0.381 e. The summed E-state index contributed by atoms with van der Waals surface area (Å²) >= 11 is 1.71. The van der Waals surface area contributed by atoms with Gasteiger partial charge in [0.2, 0.25) is 5.91 Å². The van der Waals surface area contributed by atoms with Crippen LogP contribution in [0.15, 0.2) is 17.5 Å². The van der Waals surface area contributed by atoms with Gasteiger partial charge in [-0.15, -0.1) is 11.3 Å². The van der Waals surface area contributed by atoms with Gasteiger partial charge in [0.05, 0.1) is 11.5 Å². The van der Waals surface area contributed by atoms with Gasteiger partial charge in [0.1, 0.15) is 0 Å². The van der Waals surface area contributed by atoms with E-state index in [-0.39, 0.29) is 11.9 Å². The molecule has 0 bridgehead atoms. The molecule has 118 valence electrons. The van der Waals surface area contributed by atoms with Gasteiger partial charge < -0.3 is 20.7 Å². The summed E-state index contributed by atoms with van der Waals surface area (Å²) in [5, 5.41) is 5.17. The van der Waals surface area contributed by atoms with Gasteiger partial charge in [0.25, 0.3) is 0 Å². The highest BCUT2D eigenvalue weighted by Crippen LogP contribution is 2.30. The van der Waals surface area contributed by atoms with Crippen molar-refractivity contribution in [2.75, 3.05) is 40.4 Å². The topological polar surface area (TPSA) is 67.6 Å². The molecule has 0 saturated carbocycles. The predicted octanol–water partition coefficient (Wildman–Crippen LogP) is 1.22. The van der Waals surface area contributed by atoms with Crippen LogP contribution in [0.1, 0.15) is 23.8 Å². The molecule has 6 heteroatoms. The molecule has 1 amide bonds. The summed E-state index contributed by atoms with van der Waals surface area (Å²) in [4.78, 5) is 16.0. The Morgan fingerprint density at radius 3 is 2.76 bits per heavy atom. The van der Waals surface area contributed by atoms with E-state index in [1.54, 1.807) is 11.3 Å². The normalized spacial score (nSPS) is 19.4. The van der Waals surface area contributed by atoms with Crippen molar-refractivity contribution in [3.05, 3.63) is 22.4 Å². The highest BCUT2D eigenvalue weighted by Gasteiger charge is 2.38. The Morgan fingerprint density at radius 2 is 2.24 bits per heavy atom. The number of ether oxygens (including phenoxy) is 1. The molecule has 1 fully saturated rings. The van der Waals surface area contributed by atoms with Crippen molar-refractivity contribution in [2.45, 2.75) is 18.9 Å². The molecule has 1 aromatic rings. The molecule has 0 radical (unpaired) electrons. The first kappa shape index (κ1) is 16.4.